The topological polar surface area (TPSA) is 73.6 Å². The van der Waals surface area contributed by atoms with Crippen LogP contribution in [0.2, 0.25) is 0 Å². The first kappa shape index (κ1) is 18.7. The molecular formula is C22H15N3O3S2. The molecule has 6 nitrogen and oxygen atoms in total. The Kier molecular flexibility index (Phi) is 4.65. The molecule has 0 saturated carbocycles. The van der Waals surface area contributed by atoms with Gasteiger partial charge in [-0.15, -0.1) is 11.3 Å². The first-order chi connectivity index (χ1) is 14.6. The van der Waals surface area contributed by atoms with Crippen molar-refractivity contribution < 1.29 is 14.3 Å². The Labute approximate surface area is 178 Å². The summed E-state index contributed by atoms with van der Waals surface area (Å²) in [5.41, 5.74) is 3.93. The summed E-state index contributed by atoms with van der Waals surface area (Å²) in [6.07, 6.45) is 0. The molecule has 1 amide bonds. The number of aromatic nitrogens is 2. The molecule has 0 fully saturated rings. The number of methoxy groups -OCH3 is 1. The number of thiazole rings is 2. The molecule has 3 aromatic carbocycles. The number of amides is 1. The number of nitrogens with zero attached hydrogens (tertiary/aromatic N) is 3. The van der Waals surface area contributed by atoms with Gasteiger partial charge >= 0.3 is 5.97 Å². The molecule has 30 heavy (non-hydrogen) atoms. The fraction of sp³-hybridized carbons (Fsp3) is 0.0909. The van der Waals surface area contributed by atoms with Crippen LogP contribution in [-0.4, -0.2) is 28.5 Å². The van der Waals surface area contributed by atoms with Crippen molar-refractivity contribution >= 4 is 65.8 Å². The highest BCUT2D eigenvalue weighted by atomic mass is 32.1. The number of fused-ring (bicyclic) bond motifs is 4. The molecule has 148 valence electrons. The minimum absolute atomic E-state index is 0.0190. The minimum atomic E-state index is -0.400. The van der Waals surface area contributed by atoms with E-state index in [0.29, 0.717) is 10.4 Å². The van der Waals surface area contributed by atoms with E-state index < -0.39 is 5.97 Å². The van der Waals surface area contributed by atoms with E-state index in [2.05, 4.69) is 9.98 Å². The maximum Gasteiger partial charge on any atom is 0.325 e. The summed E-state index contributed by atoms with van der Waals surface area (Å²) >= 11 is 2.87. The Morgan fingerprint density at radius 1 is 1.13 bits per heavy atom. The zero-order chi connectivity index (χ0) is 20.7. The van der Waals surface area contributed by atoms with Crippen molar-refractivity contribution in [1.82, 2.24) is 9.55 Å². The summed E-state index contributed by atoms with van der Waals surface area (Å²) in [7, 11) is 1.35. The lowest BCUT2D eigenvalue weighted by Crippen LogP contribution is -2.22. The molecule has 5 rings (SSSR count). The van der Waals surface area contributed by atoms with Crippen LogP contribution in [-0.2, 0) is 16.1 Å². The molecule has 8 heteroatoms. The van der Waals surface area contributed by atoms with Crippen LogP contribution in [0.15, 0.2) is 65.1 Å². The molecule has 0 saturated heterocycles. The molecule has 0 aliphatic heterocycles. The number of ether oxygens (including phenoxy) is 1. The van der Waals surface area contributed by atoms with Gasteiger partial charge in [0.05, 0.1) is 33.1 Å². The van der Waals surface area contributed by atoms with Crippen molar-refractivity contribution in [3.05, 3.63) is 70.5 Å². The van der Waals surface area contributed by atoms with Crippen molar-refractivity contribution in [2.45, 2.75) is 6.54 Å². The van der Waals surface area contributed by atoms with Crippen LogP contribution >= 0.6 is 22.7 Å². The Morgan fingerprint density at radius 2 is 2.00 bits per heavy atom. The van der Waals surface area contributed by atoms with E-state index in [0.717, 1.165) is 31.2 Å². The average Bonchev–Trinajstić information content (AvgIpc) is 3.38. The number of carbonyl (C=O) groups excluding carboxylic acids is 2. The number of hydrogen-bond donors (Lipinski definition) is 0. The average molecular weight is 434 g/mol. The molecule has 2 heterocycles. The van der Waals surface area contributed by atoms with Gasteiger partial charge in [0, 0.05) is 10.9 Å². The summed E-state index contributed by atoms with van der Waals surface area (Å²) < 4.78 is 8.50. The van der Waals surface area contributed by atoms with Gasteiger partial charge in [-0.2, -0.15) is 4.99 Å². The van der Waals surface area contributed by atoms with Gasteiger partial charge < -0.3 is 9.30 Å². The van der Waals surface area contributed by atoms with E-state index in [1.807, 2.05) is 42.5 Å². The Bertz CT molecular complexity index is 1510. The zero-order valence-electron chi connectivity index (χ0n) is 15.9. The minimum Gasteiger partial charge on any atom is -0.468 e. The number of benzene rings is 3. The molecule has 0 bridgehead atoms. The van der Waals surface area contributed by atoms with Gasteiger partial charge in [-0.1, -0.05) is 41.7 Å². The van der Waals surface area contributed by atoms with Gasteiger partial charge in [0.2, 0.25) is 0 Å². The van der Waals surface area contributed by atoms with Gasteiger partial charge in [0.15, 0.2) is 4.80 Å². The van der Waals surface area contributed by atoms with Crippen molar-refractivity contribution in [3.8, 4) is 0 Å². The first-order valence-electron chi connectivity index (χ1n) is 9.14. The maximum atomic E-state index is 12.9. The van der Waals surface area contributed by atoms with E-state index in [1.165, 1.54) is 29.8 Å². The smallest absolute Gasteiger partial charge is 0.325 e. The van der Waals surface area contributed by atoms with E-state index >= 15 is 0 Å². The molecule has 5 aromatic rings. The van der Waals surface area contributed by atoms with Crippen LogP contribution in [0.3, 0.4) is 0 Å². The highest BCUT2D eigenvalue weighted by molar-refractivity contribution is 7.17. The van der Waals surface area contributed by atoms with Crippen molar-refractivity contribution in [1.29, 1.82) is 0 Å². The van der Waals surface area contributed by atoms with E-state index in [4.69, 9.17) is 4.74 Å². The summed E-state index contributed by atoms with van der Waals surface area (Å²) in [5.74, 6) is -0.761. The second-order valence-electron chi connectivity index (χ2n) is 6.63. The Balaban J connectivity index is 1.71. The molecule has 0 aliphatic carbocycles. The summed E-state index contributed by atoms with van der Waals surface area (Å²) in [6, 6.07) is 17.3. The van der Waals surface area contributed by atoms with Crippen LogP contribution < -0.4 is 4.80 Å². The van der Waals surface area contributed by atoms with Crippen LogP contribution in [0.5, 0.6) is 0 Å². The maximum absolute atomic E-state index is 12.9. The lowest BCUT2D eigenvalue weighted by Gasteiger charge is -2.04. The largest absolute Gasteiger partial charge is 0.468 e. The quantitative estimate of drug-likeness (QED) is 0.396. The van der Waals surface area contributed by atoms with Crippen LogP contribution in [0.25, 0.3) is 31.2 Å². The standard InChI is InChI=1S/C22H15N3O3S2/c1-28-19(26)11-25-17-9-7-13-4-2-3-5-15(13)20(17)30-22(25)24-21(27)14-6-8-16-18(10-14)29-12-23-16/h2-10,12H,11H2,1H3. The zero-order valence-corrected chi connectivity index (χ0v) is 17.5. The van der Waals surface area contributed by atoms with Crippen molar-refractivity contribution in [2.24, 2.45) is 4.99 Å². The summed E-state index contributed by atoms with van der Waals surface area (Å²) in [5, 5.41) is 2.14. The lowest BCUT2D eigenvalue weighted by molar-refractivity contribution is -0.141. The third kappa shape index (κ3) is 3.20. The van der Waals surface area contributed by atoms with Gasteiger partial charge in [0.25, 0.3) is 5.91 Å². The van der Waals surface area contributed by atoms with Crippen LogP contribution in [0, 0.1) is 0 Å². The number of esters is 1. The highest BCUT2D eigenvalue weighted by Crippen LogP contribution is 2.28. The first-order valence-corrected chi connectivity index (χ1v) is 10.8. The van der Waals surface area contributed by atoms with Gasteiger partial charge in [0.1, 0.15) is 6.54 Å². The number of hydrogen-bond acceptors (Lipinski definition) is 6. The normalized spacial score (nSPS) is 12.1. The fourth-order valence-electron chi connectivity index (χ4n) is 3.37. The van der Waals surface area contributed by atoms with Gasteiger partial charge in [-0.05, 0) is 29.7 Å². The molecule has 2 aromatic heterocycles. The molecule has 0 radical (unpaired) electrons. The molecule has 0 spiro atoms. The monoisotopic (exact) mass is 433 g/mol. The fourth-order valence-corrected chi connectivity index (χ4v) is 5.25. The predicted octanol–water partition coefficient (Wildman–Crippen LogP) is 4.38. The van der Waals surface area contributed by atoms with Crippen molar-refractivity contribution in [2.75, 3.05) is 7.11 Å². The van der Waals surface area contributed by atoms with Gasteiger partial charge in [-0.25, -0.2) is 4.98 Å². The molecule has 0 N–H and O–H groups in total. The van der Waals surface area contributed by atoms with E-state index in [-0.39, 0.29) is 12.5 Å². The molecule has 0 unspecified atom stereocenters. The Hall–Kier alpha value is -3.36. The summed E-state index contributed by atoms with van der Waals surface area (Å²) in [6.45, 7) is -0.0190. The van der Waals surface area contributed by atoms with E-state index in [9.17, 15) is 9.59 Å². The second-order valence-corrected chi connectivity index (χ2v) is 8.50. The van der Waals surface area contributed by atoms with Crippen molar-refractivity contribution in [3.63, 3.8) is 0 Å². The van der Waals surface area contributed by atoms with Gasteiger partial charge in [-0.3, -0.25) is 9.59 Å². The van der Waals surface area contributed by atoms with Crippen LogP contribution in [0.4, 0.5) is 0 Å². The highest BCUT2D eigenvalue weighted by Gasteiger charge is 2.14. The third-order valence-electron chi connectivity index (χ3n) is 4.86. The second kappa shape index (κ2) is 7.47. The summed E-state index contributed by atoms with van der Waals surface area (Å²) in [4.78, 5) is 34.0. The van der Waals surface area contributed by atoms with E-state index in [1.54, 1.807) is 22.2 Å². The van der Waals surface area contributed by atoms with Crippen LogP contribution in [0.1, 0.15) is 10.4 Å². The number of carbonyl (C=O) groups is 2. The SMILES string of the molecule is COC(=O)Cn1c(=NC(=O)c2ccc3ncsc3c2)sc2c3ccccc3ccc21. The molecule has 0 atom stereocenters. The molecule has 0 aliphatic rings. The predicted molar refractivity (Wildman–Crippen MR) is 119 cm³/mol. The number of rotatable bonds is 3. The third-order valence-corrected chi connectivity index (χ3v) is 6.78. The molecular weight excluding hydrogens is 418 g/mol. The Morgan fingerprint density at radius 3 is 2.87 bits per heavy atom. The lowest BCUT2D eigenvalue weighted by atomic mass is 10.1.